The SMILES string of the molecule is CC(CC1CC1)NC(=O)N1CCCC(C)C1C(=O)O. The summed E-state index contributed by atoms with van der Waals surface area (Å²) in [7, 11) is 0. The van der Waals surface area contributed by atoms with Gasteiger partial charge >= 0.3 is 12.0 Å². The Morgan fingerprint density at radius 2 is 2.05 bits per heavy atom. The Labute approximate surface area is 114 Å². The summed E-state index contributed by atoms with van der Waals surface area (Å²) in [4.78, 5) is 25.1. The number of likely N-dealkylation sites (tertiary alicyclic amines) is 1. The van der Waals surface area contributed by atoms with E-state index in [1.54, 1.807) is 0 Å². The van der Waals surface area contributed by atoms with Gasteiger partial charge in [0.1, 0.15) is 6.04 Å². The lowest BCUT2D eigenvalue weighted by molar-refractivity contribution is -0.145. The molecule has 3 unspecified atom stereocenters. The number of hydrogen-bond donors (Lipinski definition) is 2. The summed E-state index contributed by atoms with van der Waals surface area (Å²) in [6, 6.07) is -0.763. The monoisotopic (exact) mass is 268 g/mol. The summed E-state index contributed by atoms with van der Waals surface area (Å²) >= 11 is 0. The highest BCUT2D eigenvalue weighted by atomic mass is 16.4. The zero-order chi connectivity index (χ0) is 14.0. The van der Waals surface area contributed by atoms with Crippen LogP contribution < -0.4 is 5.32 Å². The topological polar surface area (TPSA) is 69.6 Å². The molecule has 0 spiro atoms. The van der Waals surface area contributed by atoms with Crippen LogP contribution in [0.4, 0.5) is 4.79 Å². The van der Waals surface area contributed by atoms with Crippen LogP contribution in [0.15, 0.2) is 0 Å². The molecule has 0 aromatic rings. The molecule has 2 fully saturated rings. The van der Waals surface area contributed by atoms with Crippen molar-refractivity contribution in [2.75, 3.05) is 6.54 Å². The first kappa shape index (κ1) is 14.2. The highest BCUT2D eigenvalue weighted by molar-refractivity contribution is 5.83. The van der Waals surface area contributed by atoms with Crippen molar-refractivity contribution < 1.29 is 14.7 Å². The Morgan fingerprint density at radius 1 is 1.37 bits per heavy atom. The Kier molecular flexibility index (Phi) is 4.32. The maximum Gasteiger partial charge on any atom is 0.326 e. The van der Waals surface area contributed by atoms with E-state index in [-0.39, 0.29) is 18.0 Å². The zero-order valence-electron chi connectivity index (χ0n) is 11.8. The first-order chi connectivity index (χ1) is 8.99. The van der Waals surface area contributed by atoms with Crippen LogP contribution in [0.2, 0.25) is 0 Å². The number of carbonyl (C=O) groups is 2. The predicted octanol–water partition coefficient (Wildman–Crippen LogP) is 2.07. The molecular weight excluding hydrogens is 244 g/mol. The van der Waals surface area contributed by atoms with Crippen molar-refractivity contribution in [1.82, 2.24) is 10.2 Å². The van der Waals surface area contributed by atoms with Crippen molar-refractivity contribution in [3.8, 4) is 0 Å². The van der Waals surface area contributed by atoms with Gasteiger partial charge < -0.3 is 15.3 Å². The zero-order valence-corrected chi connectivity index (χ0v) is 11.8. The van der Waals surface area contributed by atoms with Gasteiger partial charge in [0.15, 0.2) is 0 Å². The van der Waals surface area contributed by atoms with Crippen LogP contribution in [0.3, 0.4) is 0 Å². The van der Waals surface area contributed by atoms with Crippen LogP contribution in [-0.2, 0) is 4.79 Å². The highest BCUT2D eigenvalue weighted by Gasteiger charge is 2.37. The van der Waals surface area contributed by atoms with Gasteiger partial charge in [0.2, 0.25) is 0 Å². The van der Waals surface area contributed by atoms with E-state index in [4.69, 9.17) is 0 Å². The number of amides is 2. The second-order valence-electron chi connectivity index (χ2n) is 6.13. The van der Waals surface area contributed by atoms with Crippen LogP contribution in [0, 0.1) is 11.8 Å². The molecule has 3 atom stereocenters. The quantitative estimate of drug-likeness (QED) is 0.820. The van der Waals surface area contributed by atoms with Crippen molar-refractivity contribution in [2.45, 2.75) is 58.0 Å². The largest absolute Gasteiger partial charge is 0.480 e. The summed E-state index contributed by atoms with van der Waals surface area (Å²) in [6.45, 7) is 4.45. The molecule has 5 heteroatoms. The van der Waals surface area contributed by atoms with Gasteiger partial charge in [-0.15, -0.1) is 0 Å². The van der Waals surface area contributed by atoms with E-state index in [1.807, 2.05) is 13.8 Å². The molecule has 108 valence electrons. The van der Waals surface area contributed by atoms with Gasteiger partial charge in [0, 0.05) is 12.6 Å². The predicted molar refractivity (Wildman–Crippen MR) is 71.9 cm³/mol. The standard InChI is InChI=1S/C14H24N2O3/c1-9-4-3-7-16(12(9)13(17)18)14(19)15-10(2)8-11-5-6-11/h9-12H,3-8H2,1-2H3,(H,15,19)(H,17,18). The number of aliphatic carboxylic acids is 1. The summed E-state index contributed by atoms with van der Waals surface area (Å²) in [6.07, 6.45) is 5.29. The van der Waals surface area contributed by atoms with Crippen molar-refractivity contribution in [3.63, 3.8) is 0 Å². The molecule has 0 aromatic carbocycles. The normalized spacial score (nSPS) is 28.8. The number of urea groups is 1. The van der Waals surface area contributed by atoms with Crippen molar-refractivity contribution in [3.05, 3.63) is 0 Å². The van der Waals surface area contributed by atoms with Crippen LogP contribution in [-0.4, -0.2) is 40.6 Å². The second-order valence-corrected chi connectivity index (χ2v) is 6.13. The average Bonchev–Trinajstić information content (AvgIpc) is 3.11. The summed E-state index contributed by atoms with van der Waals surface area (Å²) in [5, 5.41) is 12.2. The van der Waals surface area contributed by atoms with Gasteiger partial charge in [-0.2, -0.15) is 0 Å². The molecule has 2 aliphatic rings. The van der Waals surface area contributed by atoms with Crippen molar-refractivity contribution >= 4 is 12.0 Å². The Hall–Kier alpha value is -1.26. The number of hydrogen-bond acceptors (Lipinski definition) is 2. The van der Waals surface area contributed by atoms with Gasteiger partial charge in [-0.3, -0.25) is 0 Å². The first-order valence-electron chi connectivity index (χ1n) is 7.29. The van der Waals surface area contributed by atoms with Gasteiger partial charge in [-0.1, -0.05) is 19.8 Å². The first-order valence-corrected chi connectivity index (χ1v) is 7.29. The molecule has 1 aliphatic heterocycles. The fraction of sp³-hybridized carbons (Fsp3) is 0.857. The Morgan fingerprint density at radius 3 is 2.63 bits per heavy atom. The average molecular weight is 268 g/mol. The van der Waals surface area contributed by atoms with Crippen LogP contribution in [0.1, 0.15) is 46.0 Å². The van der Waals surface area contributed by atoms with Gasteiger partial charge in [-0.25, -0.2) is 9.59 Å². The van der Waals surface area contributed by atoms with E-state index in [0.717, 1.165) is 25.2 Å². The third-order valence-corrected chi connectivity index (χ3v) is 4.20. The lowest BCUT2D eigenvalue weighted by atomic mass is 9.91. The van der Waals surface area contributed by atoms with E-state index < -0.39 is 12.0 Å². The molecule has 2 amide bonds. The summed E-state index contributed by atoms with van der Waals surface area (Å²) in [5.41, 5.74) is 0. The smallest absolute Gasteiger partial charge is 0.326 e. The Balaban J connectivity index is 1.92. The second kappa shape index (κ2) is 5.80. The number of carbonyl (C=O) groups excluding carboxylic acids is 1. The van der Waals surface area contributed by atoms with Gasteiger partial charge in [0.05, 0.1) is 0 Å². The number of carboxylic acids is 1. The molecule has 2 rings (SSSR count). The lowest BCUT2D eigenvalue weighted by Gasteiger charge is -2.37. The molecule has 0 aromatic heterocycles. The third kappa shape index (κ3) is 3.61. The molecule has 1 aliphatic carbocycles. The molecule has 1 saturated carbocycles. The summed E-state index contributed by atoms with van der Waals surface area (Å²) < 4.78 is 0. The number of carboxylic acid groups (broad SMARTS) is 1. The van der Waals surface area contributed by atoms with Gasteiger partial charge in [0.25, 0.3) is 0 Å². The molecule has 1 saturated heterocycles. The minimum atomic E-state index is -0.891. The molecule has 19 heavy (non-hydrogen) atoms. The number of piperidine rings is 1. The molecular formula is C14H24N2O3. The van der Waals surface area contributed by atoms with E-state index >= 15 is 0 Å². The van der Waals surface area contributed by atoms with Crippen LogP contribution >= 0.6 is 0 Å². The van der Waals surface area contributed by atoms with E-state index in [9.17, 15) is 14.7 Å². The summed E-state index contributed by atoms with van der Waals surface area (Å²) in [5.74, 6) is -0.112. The maximum absolute atomic E-state index is 12.2. The number of nitrogens with one attached hydrogen (secondary N) is 1. The third-order valence-electron chi connectivity index (χ3n) is 4.20. The number of nitrogens with zero attached hydrogens (tertiary/aromatic N) is 1. The minimum absolute atomic E-state index is 0.0238. The van der Waals surface area contributed by atoms with E-state index in [2.05, 4.69) is 5.32 Å². The Bertz CT molecular complexity index is 355. The molecule has 1 heterocycles. The van der Waals surface area contributed by atoms with E-state index in [0.29, 0.717) is 6.54 Å². The highest BCUT2D eigenvalue weighted by Crippen LogP contribution is 2.33. The fourth-order valence-electron chi connectivity index (χ4n) is 3.00. The fourth-order valence-corrected chi connectivity index (χ4v) is 3.00. The maximum atomic E-state index is 12.2. The molecule has 0 radical (unpaired) electrons. The van der Waals surface area contributed by atoms with Crippen LogP contribution in [0.5, 0.6) is 0 Å². The van der Waals surface area contributed by atoms with Crippen molar-refractivity contribution in [1.29, 1.82) is 0 Å². The van der Waals surface area contributed by atoms with E-state index in [1.165, 1.54) is 17.7 Å². The number of rotatable bonds is 4. The molecule has 0 bridgehead atoms. The van der Waals surface area contributed by atoms with Crippen molar-refractivity contribution in [2.24, 2.45) is 11.8 Å². The molecule has 5 nitrogen and oxygen atoms in total. The lowest BCUT2D eigenvalue weighted by Crippen LogP contribution is -2.56. The van der Waals surface area contributed by atoms with Gasteiger partial charge in [-0.05, 0) is 38.0 Å². The molecule has 2 N–H and O–H groups in total. The van der Waals surface area contributed by atoms with Crippen LogP contribution in [0.25, 0.3) is 0 Å². The minimum Gasteiger partial charge on any atom is -0.480 e.